The highest BCUT2D eigenvalue weighted by Crippen LogP contribution is 2.49. The first-order valence-electron chi connectivity index (χ1n) is 7.82. The van der Waals surface area contributed by atoms with Gasteiger partial charge in [0, 0.05) is 18.2 Å². The molecule has 2 saturated heterocycles. The van der Waals surface area contributed by atoms with E-state index in [9.17, 15) is 18.8 Å². The van der Waals surface area contributed by atoms with Crippen molar-refractivity contribution in [3.05, 3.63) is 35.6 Å². The molecule has 6 nitrogen and oxygen atoms in total. The zero-order valence-corrected chi connectivity index (χ0v) is 13.7. The molecular weight excluding hydrogens is 315 g/mol. The summed E-state index contributed by atoms with van der Waals surface area (Å²) in [6.45, 7) is 3.44. The zero-order chi connectivity index (χ0) is 17.6. The fourth-order valence-corrected chi connectivity index (χ4v) is 3.90. The van der Waals surface area contributed by atoms with Crippen LogP contribution in [0.1, 0.15) is 25.5 Å². The minimum atomic E-state index is -1.39. The fraction of sp³-hybridized carbons (Fsp3) is 0.471. The van der Waals surface area contributed by atoms with Gasteiger partial charge in [0.2, 0.25) is 11.8 Å². The van der Waals surface area contributed by atoms with Gasteiger partial charge in [0.15, 0.2) is 0 Å². The van der Waals surface area contributed by atoms with Crippen LogP contribution < -0.4 is 5.32 Å². The molecule has 1 N–H and O–H groups in total. The first-order valence-corrected chi connectivity index (χ1v) is 7.82. The van der Waals surface area contributed by atoms with E-state index >= 15 is 0 Å². The number of hydrogen-bond donors (Lipinski definition) is 1. The molecule has 2 aliphatic rings. The summed E-state index contributed by atoms with van der Waals surface area (Å²) >= 11 is 0. The molecule has 24 heavy (non-hydrogen) atoms. The van der Waals surface area contributed by atoms with Gasteiger partial charge in [-0.1, -0.05) is 18.2 Å². The number of nitrogens with one attached hydrogen (secondary N) is 1. The molecule has 0 unspecified atom stereocenters. The number of amides is 2. The first-order chi connectivity index (χ1) is 11.4. The molecule has 7 heteroatoms. The van der Waals surface area contributed by atoms with E-state index in [0.717, 1.165) is 4.90 Å². The molecule has 0 saturated carbocycles. The van der Waals surface area contributed by atoms with Crippen molar-refractivity contribution in [3.8, 4) is 0 Å². The zero-order valence-electron chi connectivity index (χ0n) is 13.7. The van der Waals surface area contributed by atoms with Crippen molar-refractivity contribution in [2.24, 2.45) is 11.8 Å². The van der Waals surface area contributed by atoms with Crippen molar-refractivity contribution in [2.75, 3.05) is 13.7 Å². The van der Waals surface area contributed by atoms with E-state index in [0.29, 0.717) is 0 Å². The summed E-state index contributed by atoms with van der Waals surface area (Å²) in [5, 5.41) is 3.00. The minimum absolute atomic E-state index is 0.214. The Hall–Kier alpha value is -2.28. The van der Waals surface area contributed by atoms with E-state index in [-0.39, 0.29) is 18.0 Å². The van der Waals surface area contributed by atoms with Gasteiger partial charge in [-0.3, -0.25) is 24.6 Å². The van der Waals surface area contributed by atoms with Gasteiger partial charge in [-0.05, 0) is 19.9 Å². The molecule has 3 rings (SSSR count). The highest BCUT2D eigenvalue weighted by Gasteiger charge is 2.66. The van der Waals surface area contributed by atoms with Crippen LogP contribution in [0.2, 0.25) is 0 Å². The maximum absolute atomic E-state index is 14.3. The summed E-state index contributed by atoms with van der Waals surface area (Å²) in [5.41, 5.74) is -1.12. The summed E-state index contributed by atoms with van der Waals surface area (Å²) in [5.74, 6) is -3.69. The number of imide groups is 1. The van der Waals surface area contributed by atoms with Crippen LogP contribution in [0.5, 0.6) is 0 Å². The number of esters is 1. The third-order valence-electron chi connectivity index (χ3n) is 5.04. The SMILES string of the molecule is CCN1C(=O)[C@@H]2[C@@H](c3ccccc3F)N[C@@](C)(C(=O)OC)[C@@H]2C1=O. The maximum Gasteiger partial charge on any atom is 0.326 e. The van der Waals surface area contributed by atoms with Crippen LogP contribution in [0.3, 0.4) is 0 Å². The predicted octanol–water partition coefficient (Wildman–Crippen LogP) is 1.02. The first kappa shape index (κ1) is 16.6. The lowest BCUT2D eigenvalue weighted by atomic mass is 9.80. The van der Waals surface area contributed by atoms with E-state index < -0.39 is 41.1 Å². The molecule has 2 aliphatic heterocycles. The van der Waals surface area contributed by atoms with E-state index in [2.05, 4.69) is 5.32 Å². The lowest BCUT2D eigenvalue weighted by Crippen LogP contribution is -2.54. The van der Waals surface area contributed by atoms with Gasteiger partial charge in [-0.2, -0.15) is 0 Å². The fourth-order valence-electron chi connectivity index (χ4n) is 3.90. The third-order valence-corrected chi connectivity index (χ3v) is 5.04. The van der Waals surface area contributed by atoms with E-state index in [1.54, 1.807) is 25.1 Å². The Labute approximate surface area is 139 Å². The summed E-state index contributed by atoms with van der Waals surface area (Å²) in [6, 6.07) is 5.28. The van der Waals surface area contributed by atoms with Crippen LogP contribution in [0, 0.1) is 17.7 Å². The Kier molecular flexibility index (Phi) is 3.91. The number of hydrogen-bond acceptors (Lipinski definition) is 5. The van der Waals surface area contributed by atoms with Crippen LogP contribution in [0.15, 0.2) is 24.3 Å². The van der Waals surface area contributed by atoms with E-state index in [1.807, 2.05) is 0 Å². The van der Waals surface area contributed by atoms with Crippen LogP contribution in [0.4, 0.5) is 4.39 Å². The van der Waals surface area contributed by atoms with Gasteiger partial charge in [0.25, 0.3) is 0 Å². The lowest BCUT2D eigenvalue weighted by Gasteiger charge is -2.28. The van der Waals surface area contributed by atoms with Crippen LogP contribution >= 0.6 is 0 Å². The average Bonchev–Trinajstić information content (AvgIpc) is 3.02. The van der Waals surface area contributed by atoms with Crippen LogP contribution in [-0.4, -0.2) is 41.9 Å². The summed E-state index contributed by atoms with van der Waals surface area (Å²) in [6.07, 6.45) is 0. The van der Waals surface area contributed by atoms with Gasteiger partial charge in [0.05, 0.1) is 18.9 Å². The van der Waals surface area contributed by atoms with Crippen molar-refractivity contribution < 1.29 is 23.5 Å². The number of rotatable bonds is 3. The standard InChI is InChI=1S/C17H19FN2O4/c1-4-20-14(21)11-12(15(20)22)17(2,16(23)24-3)19-13(11)9-7-5-6-8-10(9)18/h5-8,11-13,19H,4H2,1-3H3/t11-,12-,13+,17+/m0/s1. The summed E-state index contributed by atoms with van der Waals surface area (Å²) in [7, 11) is 1.22. The molecule has 0 bridgehead atoms. The summed E-state index contributed by atoms with van der Waals surface area (Å²) in [4.78, 5) is 38.9. The largest absolute Gasteiger partial charge is 0.468 e. The number of benzene rings is 1. The van der Waals surface area contributed by atoms with E-state index in [1.165, 1.54) is 20.1 Å². The molecule has 1 aromatic rings. The minimum Gasteiger partial charge on any atom is -0.468 e. The van der Waals surface area contributed by atoms with Crippen molar-refractivity contribution in [3.63, 3.8) is 0 Å². The Morgan fingerprint density at radius 1 is 1.33 bits per heavy atom. The predicted molar refractivity (Wildman–Crippen MR) is 82.1 cm³/mol. The van der Waals surface area contributed by atoms with E-state index in [4.69, 9.17) is 4.74 Å². The molecule has 128 valence electrons. The molecule has 0 aromatic heterocycles. The van der Waals surface area contributed by atoms with Crippen molar-refractivity contribution in [1.29, 1.82) is 0 Å². The maximum atomic E-state index is 14.3. The van der Waals surface area contributed by atoms with Crippen LogP contribution in [0.25, 0.3) is 0 Å². The third kappa shape index (κ3) is 2.07. The van der Waals surface area contributed by atoms with Gasteiger partial charge in [-0.15, -0.1) is 0 Å². The van der Waals surface area contributed by atoms with Gasteiger partial charge in [-0.25, -0.2) is 4.39 Å². The smallest absolute Gasteiger partial charge is 0.326 e. The second-order valence-corrected chi connectivity index (χ2v) is 6.26. The van der Waals surface area contributed by atoms with Crippen LogP contribution in [-0.2, 0) is 19.1 Å². The molecule has 2 fully saturated rings. The molecular formula is C17H19FN2O4. The van der Waals surface area contributed by atoms with Crippen molar-refractivity contribution >= 4 is 17.8 Å². The number of methoxy groups -OCH3 is 1. The highest BCUT2D eigenvalue weighted by atomic mass is 19.1. The molecule has 2 amide bonds. The second kappa shape index (κ2) is 5.66. The number of halogens is 1. The Morgan fingerprint density at radius 2 is 2.00 bits per heavy atom. The molecule has 2 heterocycles. The Balaban J connectivity index is 2.13. The topological polar surface area (TPSA) is 75.7 Å². The van der Waals surface area contributed by atoms with Gasteiger partial charge < -0.3 is 4.74 Å². The molecule has 1 aromatic carbocycles. The van der Waals surface area contributed by atoms with Gasteiger partial charge in [0.1, 0.15) is 11.4 Å². The Morgan fingerprint density at radius 3 is 2.58 bits per heavy atom. The van der Waals surface area contributed by atoms with Crippen molar-refractivity contribution in [2.45, 2.75) is 25.4 Å². The number of nitrogens with zero attached hydrogens (tertiary/aromatic N) is 1. The molecule has 4 atom stereocenters. The quantitative estimate of drug-likeness (QED) is 0.660. The molecule has 0 radical (unpaired) electrons. The summed E-state index contributed by atoms with van der Waals surface area (Å²) < 4.78 is 19.1. The number of carbonyl (C=O) groups excluding carboxylic acids is 3. The van der Waals surface area contributed by atoms with Gasteiger partial charge >= 0.3 is 5.97 Å². The normalized spacial score (nSPS) is 32.2. The lowest BCUT2D eigenvalue weighted by molar-refractivity contribution is -0.153. The molecule has 0 spiro atoms. The van der Waals surface area contributed by atoms with Crippen molar-refractivity contribution in [1.82, 2.24) is 10.2 Å². The number of likely N-dealkylation sites (tertiary alicyclic amines) is 1. The molecule has 0 aliphatic carbocycles. The Bertz CT molecular complexity index is 722. The average molecular weight is 334 g/mol. The monoisotopic (exact) mass is 334 g/mol. The highest BCUT2D eigenvalue weighted by molar-refractivity contribution is 6.09. The number of ether oxygens (including phenoxy) is 1. The number of carbonyl (C=O) groups is 3. The second-order valence-electron chi connectivity index (χ2n) is 6.26. The number of fused-ring (bicyclic) bond motifs is 1.